The number of methoxy groups -OCH3 is 1. The molecule has 1 heterocycles. The van der Waals surface area contributed by atoms with E-state index < -0.39 is 5.91 Å². The number of benzene rings is 1. The Morgan fingerprint density at radius 3 is 2.70 bits per heavy atom. The smallest absolute Gasteiger partial charge is 0.278 e. The van der Waals surface area contributed by atoms with Gasteiger partial charge in [0.15, 0.2) is 5.69 Å². The Morgan fingerprint density at radius 2 is 2.15 bits per heavy atom. The van der Waals surface area contributed by atoms with Crippen LogP contribution in [0.1, 0.15) is 21.7 Å². The van der Waals surface area contributed by atoms with Gasteiger partial charge in [0, 0.05) is 11.1 Å². The number of aromatic nitrogens is 2. The van der Waals surface area contributed by atoms with E-state index in [4.69, 9.17) is 22.1 Å². The number of hydrogen-bond acceptors (Lipinski definition) is 4. The molecule has 0 spiro atoms. The fourth-order valence-corrected chi connectivity index (χ4v) is 1.88. The minimum atomic E-state index is -0.410. The molecule has 0 saturated carbocycles. The van der Waals surface area contributed by atoms with Crippen LogP contribution in [0, 0.1) is 13.8 Å². The molecule has 7 heteroatoms. The van der Waals surface area contributed by atoms with Crippen LogP contribution < -0.4 is 15.8 Å². The number of aromatic amines is 1. The predicted octanol–water partition coefficient (Wildman–Crippen LogP) is 2.52. The molecule has 0 aliphatic heterocycles. The second-order valence-corrected chi connectivity index (χ2v) is 4.77. The third kappa shape index (κ3) is 2.55. The van der Waals surface area contributed by atoms with Gasteiger partial charge in [-0.05, 0) is 25.5 Å². The molecule has 0 unspecified atom stereocenters. The van der Waals surface area contributed by atoms with Gasteiger partial charge in [-0.15, -0.1) is 0 Å². The second kappa shape index (κ2) is 5.42. The van der Waals surface area contributed by atoms with Crippen molar-refractivity contribution in [2.45, 2.75) is 13.8 Å². The van der Waals surface area contributed by atoms with E-state index in [9.17, 15) is 4.79 Å². The zero-order valence-corrected chi connectivity index (χ0v) is 12.1. The van der Waals surface area contributed by atoms with E-state index in [0.29, 0.717) is 27.8 Å². The number of rotatable bonds is 3. The van der Waals surface area contributed by atoms with Crippen LogP contribution >= 0.6 is 11.6 Å². The number of carbonyl (C=O) groups is 1. The van der Waals surface area contributed by atoms with Crippen LogP contribution in [0.4, 0.5) is 11.4 Å². The number of amides is 1. The van der Waals surface area contributed by atoms with Gasteiger partial charge in [0.2, 0.25) is 0 Å². The Hall–Kier alpha value is -2.21. The monoisotopic (exact) mass is 294 g/mol. The molecule has 0 bridgehead atoms. The zero-order valence-electron chi connectivity index (χ0n) is 11.4. The number of nitrogen functional groups attached to an aromatic ring is 1. The molecule has 1 amide bonds. The van der Waals surface area contributed by atoms with Crippen LogP contribution in [0.25, 0.3) is 0 Å². The molecule has 20 heavy (non-hydrogen) atoms. The van der Waals surface area contributed by atoms with Gasteiger partial charge < -0.3 is 15.8 Å². The van der Waals surface area contributed by atoms with Crippen molar-refractivity contribution in [3.05, 3.63) is 34.1 Å². The zero-order chi connectivity index (χ0) is 14.9. The average molecular weight is 295 g/mol. The molecule has 2 rings (SSSR count). The maximum Gasteiger partial charge on any atom is 0.278 e. The number of ether oxygens (including phenoxy) is 1. The quantitative estimate of drug-likeness (QED) is 0.811. The minimum Gasteiger partial charge on any atom is -0.495 e. The standard InChI is InChI=1S/C13H15ClN4O2/c1-6-4-9(10(20-3)5-8(6)14)16-13(19)12-11(15)7(2)17-18-12/h4-5H,15H2,1-3H3,(H,16,19)(H,17,18). The molecule has 0 radical (unpaired) electrons. The van der Waals surface area contributed by atoms with Gasteiger partial charge >= 0.3 is 0 Å². The third-order valence-corrected chi connectivity index (χ3v) is 3.35. The highest BCUT2D eigenvalue weighted by molar-refractivity contribution is 6.31. The van der Waals surface area contributed by atoms with Crippen LogP contribution in [0.2, 0.25) is 5.02 Å². The van der Waals surface area contributed by atoms with Gasteiger partial charge in [0.25, 0.3) is 5.91 Å². The maximum absolute atomic E-state index is 12.2. The maximum atomic E-state index is 12.2. The summed E-state index contributed by atoms with van der Waals surface area (Å²) in [7, 11) is 1.50. The highest BCUT2D eigenvalue weighted by atomic mass is 35.5. The topological polar surface area (TPSA) is 93.0 Å². The summed E-state index contributed by atoms with van der Waals surface area (Å²) in [5.74, 6) is 0.0617. The van der Waals surface area contributed by atoms with E-state index in [1.54, 1.807) is 19.1 Å². The van der Waals surface area contributed by atoms with Crippen molar-refractivity contribution < 1.29 is 9.53 Å². The molecule has 0 saturated heterocycles. The van der Waals surface area contributed by atoms with Crippen molar-refractivity contribution in [2.24, 2.45) is 0 Å². The van der Waals surface area contributed by atoms with E-state index in [0.717, 1.165) is 5.56 Å². The summed E-state index contributed by atoms with van der Waals surface area (Å²) in [4.78, 5) is 12.2. The molecule has 1 aromatic heterocycles. The summed E-state index contributed by atoms with van der Waals surface area (Å²) in [6.45, 7) is 3.58. The number of H-pyrrole nitrogens is 1. The summed E-state index contributed by atoms with van der Waals surface area (Å²) in [6, 6.07) is 3.38. The van der Waals surface area contributed by atoms with E-state index in [1.165, 1.54) is 7.11 Å². The van der Waals surface area contributed by atoms with Gasteiger partial charge in [0.1, 0.15) is 5.75 Å². The normalized spacial score (nSPS) is 10.4. The van der Waals surface area contributed by atoms with Gasteiger partial charge in [-0.25, -0.2) is 0 Å². The summed E-state index contributed by atoms with van der Waals surface area (Å²) < 4.78 is 5.19. The first-order chi connectivity index (χ1) is 9.43. The first-order valence-electron chi connectivity index (χ1n) is 5.90. The Balaban J connectivity index is 2.32. The van der Waals surface area contributed by atoms with Crippen molar-refractivity contribution >= 4 is 28.9 Å². The number of nitrogens with two attached hydrogens (primary N) is 1. The highest BCUT2D eigenvalue weighted by Crippen LogP contribution is 2.31. The van der Waals surface area contributed by atoms with Gasteiger partial charge in [-0.2, -0.15) is 5.10 Å². The molecule has 0 atom stereocenters. The molecule has 0 fully saturated rings. The number of nitrogens with zero attached hydrogens (tertiary/aromatic N) is 1. The number of aryl methyl sites for hydroxylation is 2. The highest BCUT2D eigenvalue weighted by Gasteiger charge is 2.17. The second-order valence-electron chi connectivity index (χ2n) is 4.37. The number of hydrogen-bond donors (Lipinski definition) is 3. The summed E-state index contributed by atoms with van der Waals surface area (Å²) >= 11 is 6.02. The average Bonchev–Trinajstić information content (AvgIpc) is 2.74. The van der Waals surface area contributed by atoms with E-state index >= 15 is 0 Å². The summed E-state index contributed by atoms with van der Waals surface area (Å²) in [5, 5.41) is 9.82. The van der Waals surface area contributed by atoms with Crippen molar-refractivity contribution in [1.82, 2.24) is 10.2 Å². The van der Waals surface area contributed by atoms with Gasteiger partial charge in [0.05, 0.1) is 24.2 Å². The Morgan fingerprint density at radius 1 is 1.45 bits per heavy atom. The van der Waals surface area contributed by atoms with Crippen molar-refractivity contribution in [2.75, 3.05) is 18.2 Å². The molecule has 106 valence electrons. The molecule has 6 nitrogen and oxygen atoms in total. The lowest BCUT2D eigenvalue weighted by Gasteiger charge is -2.11. The van der Waals surface area contributed by atoms with Gasteiger partial charge in [-0.3, -0.25) is 9.89 Å². The van der Waals surface area contributed by atoms with Gasteiger partial charge in [-0.1, -0.05) is 11.6 Å². The third-order valence-electron chi connectivity index (χ3n) is 2.94. The van der Waals surface area contributed by atoms with E-state index in [1.807, 2.05) is 6.92 Å². The van der Waals surface area contributed by atoms with Crippen molar-refractivity contribution in [3.8, 4) is 5.75 Å². The molecular weight excluding hydrogens is 280 g/mol. The molecular formula is C13H15ClN4O2. The van der Waals surface area contributed by atoms with Crippen LogP contribution in [0.3, 0.4) is 0 Å². The Kier molecular flexibility index (Phi) is 3.85. The van der Waals surface area contributed by atoms with Crippen LogP contribution in [0.5, 0.6) is 5.75 Å². The first kappa shape index (κ1) is 14.2. The number of halogens is 1. The minimum absolute atomic E-state index is 0.150. The predicted molar refractivity (Wildman–Crippen MR) is 78.4 cm³/mol. The lowest BCUT2D eigenvalue weighted by molar-refractivity contribution is 0.102. The lowest BCUT2D eigenvalue weighted by Crippen LogP contribution is -2.15. The van der Waals surface area contributed by atoms with Crippen LogP contribution in [-0.4, -0.2) is 23.2 Å². The fraction of sp³-hybridized carbons (Fsp3) is 0.231. The van der Waals surface area contributed by atoms with Crippen molar-refractivity contribution in [1.29, 1.82) is 0 Å². The molecule has 1 aromatic carbocycles. The largest absolute Gasteiger partial charge is 0.495 e. The number of nitrogens with one attached hydrogen (secondary N) is 2. The lowest BCUT2D eigenvalue weighted by atomic mass is 10.2. The summed E-state index contributed by atoms with van der Waals surface area (Å²) in [6.07, 6.45) is 0. The van der Waals surface area contributed by atoms with E-state index in [-0.39, 0.29) is 5.69 Å². The molecule has 2 aromatic rings. The van der Waals surface area contributed by atoms with E-state index in [2.05, 4.69) is 15.5 Å². The van der Waals surface area contributed by atoms with Crippen LogP contribution in [0.15, 0.2) is 12.1 Å². The number of anilines is 2. The molecule has 0 aliphatic rings. The number of carbonyl (C=O) groups excluding carboxylic acids is 1. The molecule has 0 aliphatic carbocycles. The first-order valence-corrected chi connectivity index (χ1v) is 6.27. The SMILES string of the molecule is COc1cc(Cl)c(C)cc1NC(=O)c1n[nH]c(C)c1N. The summed E-state index contributed by atoms with van der Waals surface area (Å²) in [5.41, 5.74) is 8.24. The van der Waals surface area contributed by atoms with Crippen molar-refractivity contribution in [3.63, 3.8) is 0 Å². The Labute approximate surface area is 121 Å². The Bertz CT molecular complexity index is 667. The fourth-order valence-electron chi connectivity index (χ4n) is 1.72. The van der Waals surface area contributed by atoms with Crippen LogP contribution in [-0.2, 0) is 0 Å². The molecule has 4 N–H and O–H groups in total.